The van der Waals surface area contributed by atoms with Gasteiger partial charge in [-0.1, -0.05) is 12.8 Å². The number of benzene rings is 1. The van der Waals surface area contributed by atoms with Crippen molar-refractivity contribution in [2.75, 3.05) is 13.1 Å². The fourth-order valence-electron chi connectivity index (χ4n) is 4.15. The van der Waals surface area contributed by atoms with Gasteiger partial charge in [-0.15, -0.1) is 0 Å². The van der Waals surface area contributed by atoms with Crippen LogP contribution in [0.1, 0.15) is 43.4 Å². The molecule has 122 valence electrons. The van der Waals surface area contributed by atoms with Gasteiger partial charge in [0.15, 0.2) is 0 Å². The van der Waals surface area contributed by atoms with Gasteiger partial charge in [-0.2, -0.15) is 0 Å². The molecule has 1 amide bonds. The number of aromatic amines is 1. The highest BCUT2D eigenvalue weighted by atomic mass is 19.1. The van der Waals surface area contributed by atoms with Crippen LogP contribution in [-0.4, -0.2) is 28.9 Å². The van der Waals surface area contributed by atoms with Crippen molar-refractivity contribution < 1.29 is 9.18 Å². The predicted octanol–water partition coefficient (Wildman–Crippen LogP) is 3.81. The second-order valence-electron chi connectivity index (χ2n) is 6.95. The summed E-state index contributed by atoms with van der Waals surface area (Å²) in [7, 11) is 0. The third-order valence-corrected chi connectivity index (χ3v) is 5.42. The summed E-state index contributed by atoms with van der Waals surface area (Å²) in [6.45, 7) is 1.81. The van der Waals surface area contributed by atoms with Gasteiger partial charge in [0.2, 0.25) is 5.91 Å². The number of H-pyrrole nitrogens is 1. The summed E-state index contributed by atoms with van der Waals surface area (Å²) < 4.78 is 13.6. The summed E-state index contributed by atoms with van der Waals surface area (Å²) in [6, 6.07) is 4.89. The molecule has 0 bridgehead atoms. The van der Waals surface area contributed by atoms with Crippen molar-refractivity contribution in [2.24, 2.45) is 5.92 Å². The van der Waals surface area contributed by atoms with Crippen LogP contribution >= 0.6 is 0 Å². The Bertz CT molecular complexity index is 728. The van der Waals surface area contributed by atoms with Crippen LogP contribution < -0.4 is 0 Å². The van der Waals surface area contributed by atoms with Gasteiger partial charge in [-0.05, 0) is 55.9 Å². The molecule has 1 N–H and O–H groups in total. The number of hydrogen-bond donors (Lipinski definition) is 1. The van der Waals surface area contributed by atoms with Crippen molar-refractivity contribution >= 4 is 16.8 Å². The molecule has 1 atom stereocenters. The Morgan fingerprint density at radius 1 is 1.17 bits per heavy atom. The van der Waals surface area contributed by atoms with Crippen LogP contribution in [0.4, 0.5) is 4.39 Å². The molecule has 2 aliphatic rings. The lowest BCUT2D eigenvalue weighted by Gasteiger charge is -2.28. The molecule has 1 aromatic carbocycles. The summed E-state index contributed by atoms with van der Waals surface area (Å²) in [4.78, 5) is 18.4. The van der Waals surface area contributed by atoms with E-state index in [1.54, 1.807) is 12.1 Å². The average Bonchev–Trinajstić information content (AvgIpc) is 2.74. The number of nitrogens with zero attached hydrogens (tertiary/aromatic N) is 1. The SMILES string of the molecule is O=C(C1CCc2[nH]c3ccc(F)cc3c2C1)N1CCCCCC1. The fraction of sp³-hybridized carbons (Fsp3) is 0.526. The van der Waals surface area contributed by atoms with Gasteiger partial charge in [0.25, 0.3) is 0 Å². The van der Waals surface area contributed by atoms with Gasteiger partial charge in [-0.25, -0.2) is 4.39 Å². The molecule has 3 nitrogen and oxygen atoms in total. The standard InChI is InChI=1S/C19H23FN2O/c20-14-6-8-18-16(12-14)15-11-13(5-7-17(15)21-18)19(23)22-9-3-1-2-4-10-22/h6,8,12-13,21H,1-5,7,9-11H2. The first kappa shape index (κ1) is 14.7. The third kappa shape index (κ3) is 2.75. The number of aromatic nitrogens is 1. The average molecular weight is 314 g/mol. The molecule has 4 heteroatoms. The highest BCUT2D eigenvalue weighted by Gasteiger charge is 2.30. The molecule has 0 spiro atoms. The van der Waals surface area contributed by atoms with E-state index in [4.69, 9.17) is 0 Å². The van der Waals surface area contributed by atoms with Crippen LogP contribution in [0, 0.1) is 11.7 Å². The molecule has 1 unspecified atom stereocenters. The topological polar surface area (TPSA) is 36.1 Å². The van der Waals surface area contributed by atoms with E-state index < -0.39 is 0 Å². The van der Waals surface area contributed by atoms with E-state index in [0.717, 1.165) is 61.7 Å². The maximum absolute atomic E-state index is 13.6. The summed E-state index contributed by atoms with van der Waals surface area (Å²) in [5.74, 6) is 0.159. The Morgan fingerprint density at radius 3 is 2.74 bits per heavy atom. The monoisotopic (exact) mass is 314 g/mol. The molecule has 4 rings (SSSR count). The van der Waals surface area contributed by atoms with E-state index in [1.165, 1.54) is 24.6 Å². The number of nitrogens with one attached hydrogen (secondary N) is 1. The maximum atomic E-state index is 13.6. The van der Waals surface area contributed by atoms with Crippen molar-refractivity contribution in [3.63, 3.8) is 0 Å². The Hall–Kier alpha value is -1.84. The number of carbonyl (C=O) groups excluding carboxylic acids is 1. The zero-order chi connectivity index (χ0) is 15.8. The first-order chi connectivity index (χ1) is 11.2. The van der Waals surface area contributed by atoms with E-state index in [0.29, 0.717) is 5.91 Å². The molecule has 1 aliphatic carbocycles. The van der Waals surface area contributed by atoms with Gasteiger partial charge in [-0.3, -0.25) is 4.79 Å². The molecule has 1 aliphatic heterocycles. The second kappa shape index (κ2) is 5.99. The summed E-state index contributed by atoms with van der Waals surface area (Å²) in [5, 5.41) is 0.952. The van der Waals surface area contributed by atoms with Crippen molar-refractivity contribution in [1.82, 2.24) is 9.88 Å². The van der Waals surface area contributed by atoms with E-state index >= 15 is 0 Å². The van der Waals surface area contributed by atoms with Crippen LogP contribution in [0.3, 0.4) is 0 Å². The van der Waals surface area contributed by atoms with Crippen LogP contribution in [0.5, 0.6) is 0 Å². The molecule has 0 saturated carbocycles. The number of rotatable bonds is 1. The second-order valence-corrected chi connectivity index (χ2v) is 6.95. The lowest BCUT2D eigenvalue weighted by molar-refractivity contribution is -0.135. The van der Waals surface area contributed by atoms with Gasteiger partial charge in [0, 0.05) is 35.6 Å². The summed E-state index contributed by atoms with van der Waals surface area (Å²) in [5.41, 5.74) is 3.32. The molecular weight excluding hydrogens is 291 g/mol. The summed E-state index contributed by atoms with van der Waals surface area (Å²) in [6.07, 6.45) is 7.26. The first-order valence-electron chi connectivity index (χ1n) is 8.80. The number of amides is 1. The third-order valence-electron chi connectivity index (χ3n) is 5.42. The number of hydrogen-bond acceptors (Lipinski definition) is 1. The van der Waals surface area contributed by atoms with Gasteiger partial charge in [0.1, 0.15) is 5.82 Å². The number of halogens is 1. The zero-order valence-corrected chi connectivity index (χ0v) is 13.4. The number of carbonyl (C=O) groups is 1. The van der Waals surface area contributed by atoms with Gasteiger partial charge < -0.3 is 9.88 Å². The molecule has 1 aromatic heterocycles. The van der Waals surface area contributed by atoms with Crippen molar-refractivity contribution in [1.29, 1.82) is 0 Å². The minimum absolute atomic E-state index is 0.0582. The molecule has 23 heavy (non-hydrogen) atoms. The first-order valence-corrected chi connectivity index (χ1v) is 8.80. The minimum Gasteiger partial charge on any atom is -0.358 e. The quantitative estimate of drug-likeness (QED) is 0.853. The lowest BCUT2D eigenvalue weighted by Crippen LogP contribution is -2.38. The largest absolute Gasteiger partial charge is 0.358 e. The lowest BCUT2D eigenvalue weighted by atomic mass is 9.85. The molecule has 1 fully saturated rings. The molecular formula is C19H23FN2O. The Morgan fingerprint density at radius 2 is 1.96 bits per heavy atom. The number of fused-ring (bicyclic) bond motifs is 3. The van der Waals surface area contributed by atoms with Crippen LogP contribution in [0.15, 0.2) is 18.2 Å². The van der Waals surface area contributed by atoms with Crippen molar-refractivity contribution in [3.05, 3.63) is 35.3 Å². The Labute approximate surface area is 135 Å². The summed E-state index contributed by atoms with van der Waals surface area (Å²) >= 11 is 0. The van der Waals surface area contributed by atoms with Crippen LogP contribution in [-0.2, 0) is 17.6 Å². The predicted molar refractivity (Wildman–Crippen MR) is 88.8 cm³/mol. The van der Waals surface area contributed by atoms with Crippen molar-refractivity contribution in [2.45, 2.75) is 44.9 Å². The number of aryl methyl sites for hydroxylation is 1. The van der Waals surface area contributed by atoms with Gasteiger partial charge in [0.05, 0.1) is 0 Å². The Kier molecular flexibility index (Phi) is 3.83. The highest BCUT2D eigenvalue weighted by molar-refractivity contribution is 5.87. The normalized spacial score (nSPS) is 22.0. The van der Waals surface area contributed by atoms with Crippen LogP contribution in [0.25, 0.3) is 10.9 Å². The van der Waals surface area contributed by atoms with E-state index in [2.05, 4.69) is 9.88 Å². The molecule has 0 radical (unpaired) electrons. The fourth-order valence-corrected chi connectivity index (χ4v) is 4.15. The molecule has 1 saturated heterocycles. The van der Waals surface area contributed by atoms with E-state index in [-0.39, 0.29) is 11.7 Å². The maximum Gasteiger partial charge on any atom is 0.226 e. The van der Waals surface area contributed by atoms with Crippen LogP contribution in [0.2, 0.25) is 0 Å². The zero-order valence-electron chi connectivity index (χ0n) is 13.4. The number of likely N-dealkylation sites (tertiary alicyclic amines) is 1. The van der Waals surface area contributed by atoms with E-state index in [1.807, 2.05) is 0 Å². The van der Waals surface area contributed by atoms with Crippen molar-refractivity contribution in [3.8, 4) is 0 Å². The molecule has 2 heterocycles. The van der Waals surface area contributed by atoms with Gasteiger partial charge >= 0.3 is 0 Å². The molecule has 2 aromatic rings. The minimum atomic E-state index is -0.208. The highest BCUT2D eigenvalue weighted by Crippen LogP contribution is 2.33. The van der Waals surface area contributed by atoms with E-state index in [9.17, 15) is 9.18 Å². The smallest absolute Gasteiger partial charge is 0.226 e. The Balaban J connectivity index is 1.59.